The highest BCUT2D eigenvalue weighted by molar-refractivity contribution is 5.77. The lowest BCUT2D eigenvalue weighted by atomic mass is 9.39. The van der Waals surface area contributed by atoms with Gasteiger partial charge in [-0.25, -0.2) is 0 Å². The molecule has 2 bridgehead atoms. The van der Waals surface area contributed by atoms with Crippen LogP contribution in [0.3, 0.4) is 0 Å². The van der Waals surface area contributed by atoms with Gasteiger partial charge in [-0.15, -0.1) is 0 Å². The van der Waals surface area contributed by atoms with Crippen LogP contribution in [0.4, 0.5) is 0 Å². The Hall–Kier alpha value is -0.610. The molecule has 0 aromatic carbocycles. The number of aliphatic hydroxyl groups excluding tert-OH is 1. The minimum absolute atomic E-state index is 0.0133. The van der Waals surface area contributed by atoms with Gasteiger partial charge in [0, 0.05) is 18.6 Å². The van der Waals surface area contributed by atoms with Gasteiger partial charge in [0.2, 0.25) is 0 Å². The molecule has 4 fully saturated rings. The summed E-state index contributed by atoms with van der Waals surface area (Å²) < 4.78 is 5.55. The normalized spacial score (nSPS) is 54.1. The van der Waals surface area contributed by atoms with E-state index in [2.05, 4.69) is 20.8 Å². The minimum atomic E-state index is -0.360. The number of rotatable bonds is 3. The molecule has 0 heterocycles. The summed E-state index contributed by atoms with van der Waals surface area (Å²) in [6, 6.07) is 0.104. The number of esters is 1. The summed E-state index contributed by atoms with van der Waals surface area (Å²) in [6.45, 7) is 9.56. The molecule has 0 radical (unpaired) electrons. The number of hydrogen-bond acceptors (Lipinski definition) is 4. The van der Waals surface area contributed by atoms with E-state index in [1.54, 1.807) is 0 Å². The van der Waals surface area contributed by atoms with Crippen molar-refractivity contribution < 1.29 is 14.6 Å². The fourth-order valence-corrected chi connectivity index (χ4v) is 8.90. The molecule has 154 valence electrons. The van der Waals surface area contributed by atoms with Crippen LogP contribution in [-0.2, 0) is 9.53 Å². The summed E-state index contributed by atoms with van der Waals surface area (Å²) in [6.07, 6.45) is 8.96. The largest absolute Gasteiger partial charge is 0.466 e. The highest BCUT2D eigenvalue weighted by Crippen LogP contribution is 2.74. The van der Waals surface area contributed by atoms with Crippen molar-refractivity contribution in [1.29, 1.82) is 0 Å². The number of fused-ring (bicyclic) bond motifs is 3. The van der Waals surface area contributed by atoms with Crippen molar-refractivity contribution in [2.24, 2.45) is 45.1 Å². The van der Waals surface area contributed by atoms with Crippen LogP contribution in [0.5, 0.6) is 0 Å². The molecule has 0 saturated heterocycles. The standard InChI is InChI=1S/C23H39NO3/c1-5-27-19(26)22(4)10-6-9-21(3)16(22)8-12-23-14-20(2,11-7-17(21)23)18(24)15(23)13-25/h15-18,25H,5-14,24H2,1-4H3/t15-,16+,17+,18-,20+,21-,22-,23-/m1/s1. The van der Waals surface area contributed by atoms with Crippen LogP contribution in [0.25, 0.3) is 0 Å². The van der Waals surface area contributed by atoms with Crippen LogP contribution in [0.2, 0.25) is 0 Å². The lowest BCUT2D eigenvalue weighted by molar-refractivity contribution is -0.193. The van der Waals surface area contributed by atoms with Gasteiger partial charge >= 0.3 is 5.97 Å². The van der Waals surface area contributed by atoms with Crippen molar-refractivity contribution >= 4 is 5.97 Å². The fraction of sp³-hybridized carbons (Fsp3) is 0.957. The van der Waals surface area contributed by atoms with Crippen LogP contribution >= 0.6 is 0 Å². The summed E-state index contributed by atoms with van der Waals surface area (Å²) in [5, 5.41) is 10.3. The van der Waals surface area contributed by atoms with Gasteiger partial charge in [0.15, 0.2) is 0 Å². The average molecular weight is 378 g/mol. The van der Waals surface area contributed by atoms with Crippen LogP contribution in [0.15, 0.2) is 0 Å². The molecule has 4 heteroatoms. The van der Waals surface area contributed by atoms with Gasteiger partial charge in [-0.05, 0) is 86.9 Å². The topological polar surface area (TPSA) is 72.5 Å². The van der Waals surface area contributed by atoms with E-state index >= 15 is 0 Å². The Labute approximate surface area is 164 Å². The molecule has 8 atom stereocenters. The third-order valence-electron chi connectivity index (χ3n) is 10.0. The predicted molar refractivity (Wildman–Crippen MR) is 106 cm³/mol. The Kier molecular flexibility index (Phi) is 4.52. The number of nitrogens with two attached hydrogens (primary N) is 1. The molecule has 0 aromatic rings. The summed E-state index contributed by atoms with van der Waals surface area (Å²) in [7, 11) is 0. The maximum atomic E-state index is 13.0. The lowest BCUT2D eigenvalue weighted by Crippen LogP contribution is -2.60. The molecule has 4 aliphatic carbocycles. The second-order valence-corrected chi connectivity index (χ2v) is 11.1. The quantitative estimate of drug-likeness (QED) is 0.732. The molecule has 0 aromatic heterocycles. The molecule has 4 nitrogen and oxygen atoms in total. The van der Waals surface area contributed by atoms with Gasteiger partial charge in [-0.1, -0.05) is 20.3 Å². The predicted octanol–water partition coefficient (Wildman–Crippen LogP) is 3.90. The van der Waals surface area contributed by atoms with E-state index in [1.165, 1.54) is 12.8 Å². The minimum Gasteiger partial charge on any atom is -0.466 e. The van der Waals surface area contributed by atoms with E-state index in [9.17, 15) is 9.90 Å². The van der Waals surface area contributed by atoms with E-state index in [0.29, 0.717) is 18.4 Å². The summed E-state index contributed by atoms with van der Waals surface area (Å²) >= 11 is 0. The molecule has 0 aliphatic heterocycles. The van der Waals surface area contributed by atoms with Crippen molar-refractivity contribution in [2.75, 3.05) is 13.2 Å². The molecule has 0 unspecified atom stereocenters. The Balaban J connectivity index is 1.74. The van der Waals surface area contributed by atoms with E-state index < -0.39 is 0 Å². The SMILES string of the molecule is CCOC(=O)[C@]1(C)CCC[C@@]2(C)[C@@H]3CC[C@@]4(C)C[C@]3(CC[C@@H]21)[C@H](CO)[C@H]4N. The zero-order valence-electron chi connectivity index (χ0n) is 17.7. The first kappa shape index (κ1) is 19.7. The molecular weight excluding hydrogens is 338 g/mol. The van der Waals surface area contributed by atoms with Crippen LogP contribution < -0.4 is 5.73 Å². The Morgan fingerprint density at radius 1 is 1.11 bits per heavy atom. The van der Waals surface area contributed by atoms with Crippen molar-refractivity contribution in [3.8, 4) is 0 Å². The number of carbonyl (C=O) groups is 1. The second kappa shape index (κ2) is 6.19. The zero-order chi connectivity index (χ0) is 19.7. The molecular formula is C23H39NO3. The molecule has 4 saturated carbocycles. The first-order chi connectivity index (χ1) is 12.7. The van der Waals surface area contributed by atoms with Crippen molar-refractivity contribution in [1.82, 2.24) is 0 Å². The van der Waals surface area contributed by atoms with E-state index in [0.717, 1.165) is 38.5 Å². The third-order valence-corrected chi connectivity index (χ3v) is 10.0. The van der Waals surface area contributed by atoms with Crippen molar-refractivity contribution in [3.63, 3.8) is 0 Å². The first-order valence-corrected chi connectivity index (χ1v) is 11.2. The summed E-state index contributed by atoms with van der Waals surface area (Å²) in [4.78, 5) is 13.0. The molecule has 1 spiro atoms. The van der Waals surface area contributed by atoms with Gasteiger partial charge in [-0.2, -0.15) is 0 Å². The Morgan fingerprint density at radius 2 is 1.81 bits per heavy atom. The van der Waals surface area contributed by atoms with Gasteiger partial charge in [0.25, 0.3) is 0 Å². The van der Waals surface area contributed by atoms with Crippen molar-refractivity contribution in [3.05, 3.63) is 0 Å². The van der Waals surface area contributed by atoms with Crippen LogP contribution in [0.1, 0.15) is 79.1 Å². The van der Waals surface area contributed by atoms with Gasteiger partial charge < -0.3 is 15.6 Å². The van der Waals surface area contributed by atoms with E-state index in [1.807, 2.05) is 6.92 Å². The third kappa shape index (κ3) is 2.38. The van der Waals surface area contributed by atoms with Gasteiger partial charge in [0.05, 0.1) is 12.0 Å². The number of carbonyl (C=O) groups excluding carboxylic acids is 1. The maximum absolute atomic E-state index is 13.0. The highest BCUT2D eigenvalue weighted by atomic mass is 16.5. The second-order valence-electron chi connectivity index (χ2n) is 11.1. The van der Waals surface area contributed by atoms with Crippen molar-refractivity contribution in [2.45, 2.75) is 85.1 Å². The fourth-order valence-electron chi connectivity index (χ4n) is 8.90. The smallest absolute Gasteiger partial charge is 0.312 e. The van der Waals surface area contributed by atoms with Gasteiger partial charge in [-0.3, -0.25) is 4.79 Å². The summed E-state index contributed by atoms with van der Waals surface area (Å²) in [5.74, 6) is 1.17. The maximum Gasteiger partial charge on any atom is 0.312 e. The van der Waals surface area contributed by atoms with Crippen LogP contribution in [-0.4, -0.2) is 30.3 Å². The Bertz CT molecular complexity index is 623. The van der Waals surface area contributed by atoms with Gasteiger partial charge in [0.1, 0.15) is 0 Å². The average Bonchev–Trinajstić information content (AvgIpc) is 2.76. The number of aliphatic hydroxyl groups is 1. The first-order valence-electron chi connectivity index (χ1n) is 11.2. The number of hydrogen-bond donors (Lipinski definition) is 2. The molecule has 0 amide bonds. The molecule has 4 rings (SSSR count). The van der Waals surface area contributed by atoms with Crippen LogP contribution in [0, 0.1) is 39.4 Å². The lowest BCUT2D eigenvalue weighted by Gasteiger charge is -2.65. The van der Waals surface area contributed by atoms with E-state index in [-0.39, 0.29) is 46.2 Å². The van der Waals surface area contributed by atoms with E-state index in [4.69, 9.17) is 10.5 Å². The molecule has 4 aliphatic rings. The highest BCUT2D eigenvalue weighted by Gasteiger charge is 2.70. The summed E-state index contributed by atoms with van der Waals surface area (Å²) in [5.41, 5.74) is 6.86. The molecule has 27 heavy (non-hydrogen) atoms. The number of ether oxygens (including phenoxy) is 1. The monoisotopic (exact) mass is 377 g/mol. The Morgan fingerprint density at radius 3 is 2.48 bits per heavy atom. The zero-order valence-corrected chi connectivity index (χ0v) is 17.7. The molecule has 3 N–H and O–H groups in total.